The molecular formula is C14H16FN3. The molecule has 1 aliphatic heterocycles. The zero-order valence-corrected chi connectivity index (χ0v) is 10.3. The molecule has 1 aromatic heterocycles. The molecule has 0 unspecified atom stereocenters. The van der Waals surface area contributed by atoms with Gasteiger partial charge < -0.3 is 10.3 Å². The van der Waals surface area contributed by atoms with Crippen molar-refractivity contribution >= 4 is 0 Å². The summed E-state index contributed by atoms with van der Waals surface area (Å²) in [5.41, 5.74) is 2.58. The Kier molecular flexibility index (Phi) is 2.88. The number of H-pyrrole nitrogens is 1. The molecule has 2 N–H and O–H groups in total. The first-order chi connectivity index (χ1) is 8.74. The van der Waals surface area contributed by atoms with Crippen LogP contribution in [0.3, 0.4) is 0 Å². The number of imidazole rings is 1. The first kappa shape index (κ1) is 11.4. The second kappa shape index (κ2) is 4.53. The zero-order valence-electron chi connectivity index (χ0n) is 10.3. The molecule has 0 spiro atoms. The number of rotatable bonds is 2. The Bertz CT molecular complexity index is 556. The van der Waals surface area contributed by atoms with Crippen LogP contribution >= 0.6 is 0 Å². The van der Waals surface area contributed by atoms with Crippen LogP contribution in [-0.2, 0) is 0 Å². The number of nitrogens with one attached hydrogen (secondary N) is 2. The number of nitrogens with zero attached hydrogens (tertiary/aromatic N) is 1. The zero-order chi connectivity index (χ0) is 12.5. The molecule has 0 aliphatic carbocycles. The van der Waals surface area contributed by atoms with Gasteiger partial charge in [0.1, 0.15) is 11.6 Å². The van der Waals surface area contributed by atoms with E-state index in [4.69, 9.17) is 0 Å². The highest BCUT2D eigenvalue weighted by molar-refractivity contribution is 5.59. The normalized spacial score (nSPS) is 19.3. The van der Waals surface area contributed by atoms with Crippen molar-refractivity contribution in [3.8, 4) is 11.3 Å². The van der Waals surface area contributed by atoms with Gasteiger partial charge in [0.15, 0.2) is 0 Å². The maximum absolute atomic E-state index is 13.2. The SMILES string of the molecule is Cc1cc(-c2cnc([C@@H]3CCCN3)[nH]2)ccc1F. The molecule has 94 valence electrons. The van der Waals surface area contributed by atoms with Gasteiger partial charge in [-0.2, -0.15) is 0 Å². The second-order valence-electron chi connectivity index (χ2n) is 4.80. The molecule has 1 fully saturated rings. The fourth-order valence-corrected chi connectivity index (χ4v) is 2.39. The van der Waals surface area contributed by atoms with Gasteiger partial charge in [0.25, 0.3) is 0 Å². The topological polar surface area (TPSA) is 40.7 Å². The highest BCUT2D eigenvalue weighted by Crippen LogP contribution is 2.25. The molecule has 2 aromatic rings. The van der Waals surface area contributed by atoms with Gasteiger partial charge in [-0.25, -0.2) is 9.37 Å². The summed E-state index contributed by atoms with van der Waals surface area (Å²) in [5, 5.41) is 3.40. The fourth-order valence-electron chi connectivity index (χ4n) is 2.39. The third-order valence-electron chi connectivity index (χ3n) is 3.45. The number of aromatic nitrogens is 2. The van der Waals surface area contributed by atoms with Crippen molar-refractivity contribution in [2.75, 3.05) is 6.54 Å². The van der Waals surface area contributed by atoms with Gasteiger partial charge in [-0.1, -0.05) is 0 Å². The summed E-state index contributed by atoms with van der Waals surface area (Å²) in [6.07, 6.45) is 4.13. The van der Waals surface area contributed by atoms with Crippen LogP contribution < -0.4 is 5.32 Å². The van der Waals surface area contributed by atoms with Gasteiger partial charge in [0, 0.05) is 5.56 Å². The van der Waals surface area contributed by atoms with Crippen molar-refractivity contribution in [2.45, 2.75) is 25.8 Å². The van der Waals surface area contributed by atoms with E-state index in [0.29, 0.717) is 11.6 Å². The average Bonchev–Trinajstić information content (AvgIpc) is 3.01. The molecule has 1 aromatic carbocycles. The van der Waals surface area contributed by atoms with E-state index >= 15 is 0 Å². The van der Waals surface area contributed by atoms with E-state index in [0.717, 1.165) is 30.0 Å². The van der Waals surface area contributed by atoms with E-state index in [1.807, 2.05) is 12.3 Å². The molecule has 18 heavy (non-hydrogen) atoms. The summed E-state index contributed by atoms with van der Waals surface area (Å²) in [6.45, 7) is 2.82. The second-order valence-corrected chi connectivity index (χ2v) is 4.80. The van der Waals surface area contributed by atoms with E-state index in [1.165, 1.54) is 12.5 Å². The number of benzene rings is 1. The average molecular weight is 245 g/mol. The summed E-state index contributed by atoms with van der Waals surface area (Å²) >= 11 is 0. The molecule has 1 aliphatic rings. The van der Waals surface area contributed by atoms with E-state index < -0.39 is 0 Å². The molecular weight excluding hydrogens is 229 g/mol. The van der Waals surface area contributed by atoms with E-state index in [9.17, 15) is 4.39 Å². The summed E-state index contributed by atoms with van der Waals surface area (Å²) in [4.78, 5) is 7.74. The molecule has 0 radical (unpaired) electrons. The molecule has 0 saturated carbocycles. The van der Waals surface area contributed by atoms with E-state index in [2.05, 4.69) is 15.3 Å². The monoisotopic (exact) mass is 245 g/mol. The molecule has 2 heterocycles. The quantitative estimate of drug-likeness (QED) is 0.854. The standard InChI is InChI=1S/C14H16FN3/c1-9-7-10(4-5-11(9)15)13-8-17-14(18-13)12-3-2-6-16-12/h4-5,7-8,12,16H,2-3,6H2,1H3,(H,17,18)/t12-/m0/s1. The van der Waals surface area contributed by atoms with Crippen LogP contribution in [-0.4, -0.2) is 16.5 Å². The first-order valence-corrected chi connectivity index (χ1v) is 6.29. The minimum Gasteiger partial charge on any atom is -0.341 e. The fraction of sp³-hybridized carbons (Fsp3) is 0.357. The number of aryl methyl sites for hydroxylation is 1. The van der Waals surface area contributed by atoms with Gasteiger partial charge in [0.2, 0.25) is 0 Å². The van der Waals surface area contributed by atoms with Gasteiger partial charge >= 0.3 is 0 Å². The maximum Gasteiger partial charge on any atom is 0.126 e. The Morgan fingerprint density at radius 2 is 2.28 bits per heavy atom. The van der Waals surface area contributed by atoms with Crippen LogP contribution in [0.2, 0.25) is 0 Å². The van der Waals surface area contributed by atoms with Crippen LogP contribution in [0.5, 0.6) is 0 Å². The predicted octanol–water partition coefficient (Wildman–Crippen LogP) is 2.95. The highest BCUT2D eigenvalue weighted by atomic mass is 19.1. The smallest absolute Gasteiger partial charge is 0.126 e. The van der Waals surface area contributed by atoms with Crippen molar-refractivity contribution < 1.29 is 4.39 Å². The number of hydrogen-bond acceptors (Lipinski definition) is 2. The van der Waals surface area contributed by atoms with Gasteiger partial charge in [-0.3, -0.25) is 0 Å². The molecule has 1 saturated heterocycles. The van der Waals surface area contributed by atoms with E-state index in [1.54, 1.807) is 13.0 Å². The Balaban J connectivity index is 1.89. The maximum atomic E-state index is 13.2. The van der Waals surface area contributed by atoms with Crippen molar-refractivity contribution in [1.29, 1.82) is 0 Å². The minimum atomic E-state index is -0.170. The minimum absolute atomic E-state index is 0.170. The lowest BCUT2D eigenvalue weighted by atomic mass is 10.1. The molecule has 0 bridgehead atoms. The summed E-state index contributed by atoms with van der Waals surface area (Å²) in [5.74, 6) is 0.806. The lowest BCUT2D eigenvalue weighted by Gasteiger charge is -2.05. The molecule has 1 atom stereocenters. The Morgan fingerprint density at radius 1 is 1.39 bits per heavy atom. The van der Waals surface area contributed by atoms with Crippen molar-refractivity contribution in [2.24, 2.45) is 0 Å². The third kappa shape index (κ3) is 2.04. The van der Waals surface area contributed by atoms with Gasteiger partial charge in [-0.05, 0) is 50.1 Å². The summed E-state index contributed by atoms with van der Waals surface area (Å²) in [6, 6.07) is 5.45. The number of aromatic amines is 1. The van der Waals surface area contributed by atoms with Crippen LogP contribution in [0.1, 0.15) is 30.3 Å². The largest absolute Gasteiger partial charge is 0.341 e. The summed E-state index contributed by atoms with van der Waals surface area (Å²) in [7, 11) is 0. The van der Waals surface area contributed by atoms with Crippen LogP contribution in [0, 0.1) is 12.7 Å². The Hall–Kier alpha value is -1.68. The molecule has 3 nitrogen and oxygen atoms in total. The van der Waals surface area contributed by atoms with Gasteiger partial charge in [0.05, 0.1) is 17.9 Å². The Morgan fingerprint density at radius 3 is 3.00 bits per heavy atom. The van der Waals surface area contributed by atoms with Crippen LogP contribution in [0.25, 0.3) is 11.3 Å². The summed E-state index contributed by atoms with van der Waals surface area (Å²) < 4.78 is 13.2. The lowest BCUT2D eigenvalue weighted by molar-refractivity contribution is 0.612. The van der Waals surface area contributed by atoms with Crippen molar-refractivity contribution in [3.05, 3.63) is 41.6 Å². The predicted molar refractivity (Wildman–Crippen MR) is 68.7 cm³/mol. The molecule has 4 heteroatoms. The van der Waals surface area contributed by atoms with Gasteiger partial charge in [-0.15, -0.1) is 0 Å². The first-order valence-electron chi connectivity index (χ1n) is 6.29. The van der Waals surface area contributed by atoms with Crippen LogP contribution in [0.4, 0.5) is 4.39 Å². The van der Waals surface area contributed by atoms with Crippen molar-refractivity contribution in [3.63, 3.8) is 0 Å². The van der Waals surface area contributed by atoms with E-state index in [-0.39, 0.29) is 5.82 Å². The molecule has 0 amide bonds. The molecule has 3 rings (SSSR count). The third-order valence-corrected chi connectivity index (χ3v) is 3.45. The lowest BCUT2D eigenvalue weighted by Crippen LogP contribution is -2.14. The highest BCUT2D eigenvalue weighted by Gasteiger charge is 2.19. The van der Waals surface area contributed by atoms with Crippen LogP contribution in [0.15, 0.2) is 24.4 Å². The Labute approximate surface area is 105 Å². The van der Waals surface area contributed by atoms with Crippen molar-refractivity contribution in [1.82, 2.24) is 15.3 Å². The number of halogens is 1. The number of hydrogen-bond donors (Lipinski definition) is 2.